The second kappa shape index (κ2) is 57.3. The van der Waals surface area contributed by atoms with Crippen LogP contribution in [0.1, 0.15) is 362 Å². The number of carbonyl (C=O) groups is 3. The van der Waals surface area contributed by atoms with Crippen molar-refractivity contribution in [1.82, 2.24) is 0 Å². The van der Waals surface area contributed by atoms with Crippen LogP contribution in [0.25, 0.3) is 0 Å². The molecule has 0 aromatic rings. The smallest absolute Gasteiger partial charge is 0.306 e. The van der Waals surface area contributed by atoms with Gasteiger partial charge in [-0.1, -0.05) is 323 Å². The highest BCUT2D eigenvalue weighted by Crippen LogP contribution is 2.19. The summed E-state index contributed by atoms with van der Waals surface area (Å²) >= 11 is 0. The minimum absolute atomic E-state index is 0.0612. The Balaban J connectivity index is 4.23. The van der Waals surface area contributed by atoms with E-state index in [9.17, 15) is 14.4 Å². The first-order chi connectivity index (χ1) is 33.9. The van der Waals surface area contributed by atoms with Crippen molar-refractivity contribution in [3.8, 4) is 0 Å². The van der Waals surface area contributed by atoms with Crippen molar-refractivity contribution < 1.29 is 28.6 Å². The Morgan fingerprint density at radius 1 is 0.290 bits per heavy atom. The molecule has 0 radical (unpaired) electrons. The molecule has 0 N–H and O–H groups in total. The summed E-state index contributed by atoms with van der Waals surface area (Å²) in [5.74, 6) is 0.0808. The molecule has 69 heavy (non-hydrogen) atoms. The van der Waals surface area contributed by atoms with Crippen LogP contribution in [0.4, 0.5) is 0 Å². The third kappa shape index (κ3) is 55.6. The van der Waals surface area contributed by atoms with Crippen molar-refractivity contribution in [1.29, 1.82) is 0 Å². The van der Waals surface area contributed by atoms with Crippen LogP contribution < -0.4 is 0 Å². The average molecular weight is 976 g/mol. The number of unbranched alkanes of at least 4 members (excludes halogenated alkanes) is 44. The fourth-order valence-electron chi connectivity index (χ4n) is 9.78. The molecular formula is C63H122O6. The molecule has 0 spiro atoms. The summed E-state index contributed by atoms with van der Waals surface area (Å²) < 4.78 is 16.9. The molecule has 2 atom stereocenters. The highest BCUT2D eigenvalue weighted by molar-refractivity contribution is 5.71. The van der Waals surface area contributed by atoms with Gasteiger partial charge in [0.1, 0.15) is 13.2 Å². The van der Waals surface area contributed by atoms with Gasteiger partial charge < -0.3 is 14.2 Å². The van der Waals surface area contributed by atoms with Gasteiger partial charge in [-0.05, 0) is 25.2 Å². The number of carbonyl (C=O) groups excluding carboxylic acids is 3. The second-order valence-electron chi connectivity index (χ2n) is 21.9. The van der Waals surface area contributed by atoms with E-state index in [1.807, 2.05) is 0 Å². The minimum atomic E-state index is -0.762. The maximum absolute atomic E-state index is 12.9. The van der Waals surface area contributed by atoms with Gasteiger partial charge in [-0.25, -0.2) is 0 Å². The Labute approximate surface area is 431 Å². The molecule has 0 aliphatic heterocycles. The number of esters is 3. The van der Waals surface area contributed by atoms with Crippen LogP contribution in [-0.2, 0) is 28.6 Å². The fourth-order valence-corrected chi connectivity index (χ4v) is 9.78. The van der Waals surface area contributed by atoms with Crippen molar-refractivity contribution in [2.75, 3.05) is 13.2 Å². The van der Waals surface area contributed by atoms with E-state index < -0.39 is 6.10 Å². The highest BCUT2D eigenvalue weighted by Gasteiger charge is 2.19. The first-order valence-electron chi connectivity index (χ1n) is 31.4. The summed E-state index contributed by atoms with van der Waals surface area (Å²) in [6, 6.07) is 0. The molecule has 6 heteroatoms. The standard InChI is InChI=1S/C63H122O6/c1-5-8-10-12-14-16-18-20-21-27-32-36-40-44-48-52-56-63(66)69-60(57-67-61(64)54-50-46-42-38-34-29-19-17-15-13-11-9-6-2)58-68-62(65)55-51-47-43-39-35-31-28-25-23-22-24-26-30-33-37-41-45-49-53-59(4)7-3/h59-60H,5-58H2,1-4H3/t59?,60-/m1/s1. The average Bonchev–Trinajstić information content (AvgIpc) is 3.35. The largest absolute Gasteiger partial charge is 0.462 e. The summed E-state index contributed by atoms with van der Waals surface area (Å²) in [5, 5.41) is 0. The Morgan fingerprint density at radius 3 is 0.754 bits per heavy atom. The molecule has 6 nitrogen and oxygen atoms in total. The van der Waals surface area contributed by atoms with Gasteiger partial charge >= 0.3 is 17.9 Å². The highest BCUT2D eigenvalue weighted by atomic mass is 16.6. The van der Waals surface area contributed by atoms with Gasteiger partial charge in [-0.3, -0.25) is 14.4 Å². The lowest BCUT2D eigenvalue weighted by molar-refractivity contribution is -0.167. The number of ether oxygens (including phenoxy) is 3. The number of hydrogen-bond donors (Lipinski definition) is 0. The molecule has 0 bridgehead atoms. The van der Waals surface area contributed by atoms with E-state index in [0.717, 1.165) is 63.7 Å². The molecule has 0 fully saturated rings. The maximum Gasteiger partial charge on any atom is 0.306 e. The molecule has 0 amide bonds. The normalized spacial score (nSPS) is 12.3. The predicted molar refractivity (Wildman–Crippen MR) is 298 cm³/mol. The van der Waals surface area contributed by atoms with Crippen LogP contribution in [-0.4, -0.2) is 37.2 Å². The van der Waals surface area contributed by atoms with E-state index in [2.05, 4.69) is 27.7 Å². The lowest BCUT2D eigenvalue weighted by Gasteiger charge is -2.18. The van der Waals surface area contributed by atoms with Crippen LogP contribution in [0.2, 0.25) is 0 Å². The quantitative estimate of drug-likeness (QED) is 0.0343. The Morgan fingerprint density at radius 2 is 0.507 bits per heavy atom. The summed E-state index contributed by atoms with van der Waals surface area (Å²) in [5.41, 5.74) is 0. The monoisotopic (exact) mass is 975 g/mol. The molecule has 0 aromatic carbocycles. The second-order valence-corrected chi connectivity index (χ2v) is 21.9. The molecule has 0 heterocycles. The van der Waals surface area contributed by atoms with Gasteiger partial charge in [0.25, 0.3) is 0 Å². The van der Waals surface area contributed by atoms with Crippen LogP contribution in [0, 0.1) is 5.92 Å². The van der Waals surface area contributed by atoms with E-state index in [4.69, 9.17) is 14.2 Å². The summed E-state index contributed by atoms with van der Waals surface area (Å²) in [6.45, 7) is 9.12. The van der Waals surface area contributed by atoms with Gasteiger partial charge in [-0.15, -0.1) is 0 Å². The third-order valence-corrected chi connectivity index (χ3v) is 14.9. The SMILES string of the molecule is CCCCCCCCCCCCCCCCCCC(=O)O[C@H](COC(=O)CCCCCCCCCCCCCCC)COC(=O)CCCCCCCCCCCCCCCCCCCCC(C)CC. The van der Waals surface area contributed by atoms with Crippen LogP contribution in [0.15, 0.2) is 0 Å². The van der Waals surface area contributed by atoms with Gasteiger partial charge in [0.2, 0.25) is 0 Å². The first kappa shape index (κ1) is 67.4. The topological polar surface area (TPSA) is 78.9 Å². The predicted octanol–water partition coefficient (Wildman–Crippen LogP) is 21.0. The van der Waals surface area contributed by atoms with Crippen LogP contribution in [0.5, 0.6) is 0 Å². The van der Waals surface area contributed by atoms with Crippen LogP contribution >= 0.6 is 0 Å². The van der Waals surface area contributed by atoms with Gasteiger partial charge in [0.15, 0.2) is 6.10 Å². The van der Waals surface area contributed by atoms with E-state index in [0.29, 0.717) is 19.3 Å². The summed E-state index contributed by atoms with van der Waals surface area (Å²) in [4.78, 5) is 38.2. The Hall–Kier alpha value is -1.59. The Kier molecular flexibility index (Phi) is 56.0. The molecule has 0 aromatic heterocycles. The molecule has 0 aliphatic carbocycles. The van der Waals surface area contributed by atoms with E-state index >= 15 is 0 Å². The fraction of sp³-hybridized carbons (Fsp3) is 0.952. The zero-order valence-corrected chi connectivity index (χ0v) is 47.3. The lowest BCUT2D eigenvalue weighted by Crippen LogP contribution is -2.30. The van der Waals surface area contributed by atoms with E-state index in [-0.39, 0.29) is 31.1 Å². The zero-order valence-electron chi connectivity index (χ0n) is 47.3. The summed E-state index contributed by atoms with van der Waals surface area (Å²) in [7, 11) is 0. The van der Waals surface area contributed by atoms with E-state index in [1.54, 1.807) is 0 Å². The van der Waals surface area contributed by atoms with Crippen molar-refractivity contribution in [3.05, 3.63) is 0 Å². The molecule has 410 valence electrons. The zero-order chi connectivity index (χ0) is 50.2. The van der Waals surface area contributed by atoms with Crippen molar-refractivity contribution in [3.63, 3.8) is 0 Å². The van der Waals surface area contributed by atoms with Crippen molar-refractivity contribution in [2.45, 2.75) is 368 Å². The number of hydrogen-bond acceptors (Lipinski definition) is 6. The molecule has 0 saturated carbocycles. The van der Waals surface area contributed by atoms with Gasteiger partial charge in [0, 0.05) is 19.3 Å². The molecule has 0 aliphatic rings. The summed E-state index contributed by atoms with van der Waals surface area (Å²) in [6.07, 6.45) is 63.8. The maximum atomic E-state index is 12.9. The molecule has 0 saturated heterocycles. The molecule has 0 rings (SSSR count). The van der Waals surface area contributed by atoms with Gasteiger partial charge in [0.05, 0.1) is 0 Å². The lowest BCUT2D eigenvalue weighted by atomic mass is 9.99. The molecular weight excluding hydrogens is 853 g/mol. The Bertz CT molecular complexity index is 1040. The third-order valence-electron chi connectivity index (χ3n) is 14.9. The van der Waals surface area contributed by atoms with Crippen molar-refractivity contribution in [2.24, 2.45) is 5.92 Å². The van der Waals surface area contributed by atoms with Crippen LogP contribution in [0.3, 0.4) is 0 Å². The van der Waals surface area contributed by atoms with E-state index in [1.165, 1.54) is 257 Å². The molecule has 1 unspecified atom stereocenters. The number of rotatable bonds is 58. The minimum Gasteiger partial charge on any atom is -0.462 e. The van der Waals surface area contributed by atoms with Gasteiger partial charge in [-0.2, -0.15) is 0 Å². The first-order valence-corrected chi connectivity index (χ1v) is 31.4. The van der Waals surface area contributed by atoms with Crippen molar-refractivity contribution >= 4 is 17.9 Å².